The summed E-state index contributed by atoms with van der Waals surface area (Å²) in [5, 5.41) is 3.49. The third-order valence-electron chi connectivity index (χ3n) is 3.07. The highest BCUT2D eigenvalue weighted by molar-refractivity contribution is 9.10. The zero-order valence-electron chi connectivity index (χ0n) is 11.2. The molecule has 0 saturated heterocycles. The minimum atomic E-state index is 0.185. The standard InChI is InChI=1S/C14H18BrN3/c1-9-7-12(8-10(2)13(9)15)17-11(3)14-16-5-6-18(14)4/h5-8,11,17H,1-4H3/t11-/m0/s1. The summed E-state index contributed by atoms with van der Waals surface area (Å²) in [4.78, 5) is 4.37. The van der Waals surface area contributed by atoms with E-state index >= 15 is 0 Å². The van der Waals surface area contributed by atoms with Gasteiger partial charge in [-0.1, -0.05) is 15.9 Å². The predicted octanol–water partition coefficient (Wildman–Crippen LogP) is 3.97. The number of hydrogen-bond donors (Lipinski definition) is 1. The summed E-state index contributed by atoms with van der Waals surface area (Å²) >= 11 is 3.59. The molecule has 2 aromatic rings. The van der Waals surface area contributed by atoms with Crippen LogP contribution in [0.1, 0.15) is 29.9 Å². The van der Waals surface area contributed by atoms with Gasteiger partial charge in [-0.15, -0.1) is 0 Å². The molecule has 1 aromatic carbocycles. The first-order valence-corrected chi connectivity index (χ1v) is 6.79. The molecule has 0 spiro atoms. The van der Waals surface area contributed by atoms with Gasteiger partial charge in [0.05, 0.1) is 6.04 Å². The first-order chi connectivity index (χ1) is 8.49. The molecule has 0 aliphatic carbocycles. The van der Waals surface area contributed by atoms with Crippen molar-refractivity contribution in [2.24, 2.45) is 7.05 Å². The van der Waals surface area contributed by atoms with Gasteiger partial charge in [0.25, 0.3) is 0 Å². The number of halogens is 1. The number of anilines is 1. The van der Waals surface area contributed by atoms with Crippen molar-refractivity contribution >= 4 is 21.6 Å². The third-order valence-corrected chi connectivity index (χ3v) is 4.32. The molecule has 0 fully saturated rings. The number of imidazole rings is 1. The van der Waals surface area contributed by atoms with Crippen LogP contribution in [0.3, 0.4) is 0 Å². The molecule has 1 heterocycles. The van der Waals surface area contributed by atoms with E-state index in [0.29, 0.717) is 0 Å². The fourth-order valence-electron chi connectivity index (χ4n) is 2.14. The lowest BCUT2D eigenvalue weighted by Crippen LogP contribution is -2.12. The van der Waals surface area contributed by atoms with Gasteiger partial charge >= 0.3 is 0 Å². The van der Waals surface area contributed by atoms with E-state index in [9.17, 15) is 0 Å². The highest BCUT2D eigenvalue weighted by Crippen LogP contribution is 2.27. The van der Waals surface area contributed by atoms with Gasteiger partial charge in [0.15, 0.2) is 0 Å². The summed E-state index contributed by atoms with van der Waals surface area (Å²) in [7, 11) is 2.01. The maximum absolute atomic E-state index is 4.37. The number of nitrogens with zero attached hydrogens (tertiary/aromatic N) is 2. The Morgan fingerprint density at radius 1 is 1.28 bits per heavy atom. The van der Waals surface area contributed by atoms with Gasteiger partial charge < -0.3 is 9.88 Å². The van der Waals surface area contributed by atoms with Crippen molar-refractivity contribution in [3.63, 3.8) is 0 Å². The molecule has 0 aliphatic rings. The smallest absolute Gasteiger partial charge is 0.130 e. The second kappa shape index (κ2) is 5.14. The van der Waals surface area contributed by atoms with Crippen LogP contribution in [-0.4, -0.2) is 9.55 Å². The van der Waals surface area contributed by atoms with Crippen LogP contribution in [0.25, 0.3) is 0 Å². The van der Waals surface area contributed by atoms with Crippen LogP contribution in [-0.2, 0) is 7.05 Å². The number of hydrogen-bond acceptors (Lipinski definition) is 2. The van der Waals surface area contributed by atoms with Gasteiger partial charge in [-0.05, 0) is 44.0 Å². The van der Waals surface area contributed by atoms with Gasteiger partial charge in [0.1, 0.15) is 5.82 Å². The van der Waals surface area contributed by atoms with Crippen LogP contribution in [0.15, 0.2) is 29.0 Å². The van der Waals surface area contributed by atoms with Crippen molar-refractivity contribution in [3.8, 4) is 0 Å². The van der Waals surface area contributed by atoms with E-state index in [1.165, 1.54) is 15.6 Å². The number of rotatable bonds is 3. The van der Waals surface area contributed by atoms with Crippen LogP contribution in [0.2, 0.25) is 0 Å². The minimum absolute atomic E-state index is 0.185. The summed E-state index contributed by atoms with van der Waals surface area (Å²) in [6, 6.07) is 4.48. The topological polar surface area (TPSA) is 29.9 Å². The molecule has 18 heavy (non-hydrogen) atoms. The van der Waals surface area contributed by atoms with E-state index in [1.54, 1.807) is 0 Å². The first-order valence-electron chi connectivity index (χ1n) is 5.99. The Bertz CT molecular complexity index is 537. The summed E-state index contributed by atoms with van der Waals surface area (Å²) in [5.74, 6) is 1.04. The normalized spacial score (nSPS) is 12.5. The molecule has 3 nitrogen and oxygen atoms in total. The third kappa shape index (κ3) is 2.58. The van der Waals surface area contributed by atoms with Crippen molar-refractivity contribution in [1.82, 2.24) is 9.55 Å². The molecule has 96 valence electrons. The van der Waals surface area contributed by atoms with Crippen molar-refractivity contribution < 1.29 is 0 Å². The molecule has 1 atom stereocenters. The van der Waals surface area contributed by atoms with E-state index in [-0.39, 0.29) is 6.04 Å². The summed E-state index contributed by atoms with van der Waals surface area (Å²) in [6.45, 7) is 6.33. The van der Waals surface area contributed by atoms with Gasteiger partial charge in [-0.2, -0.15) is 0 Å². The Morgan fingerprint density at radius 2 is 1.89 bits per heavy atom. The van der Waals surface area contributed by atoms with Gasteiger partial charge in [-0.25, -0.2) is 4.98 Å². The van der Waals surface area contributed by atoms with Gasteiger partial charge in [0.2, 0.25) is 0 Å². The SMILES string of the molecule is Cc1cc(N[C@@H](C)c2nccn2C)cc(C)c1Br. The van der Waals surface area contributed by atoms with Gasteiger partial charge in [0, 0.05) is 29.6 Å². The zero-order chi connectivity index (χ0) is 13.3. The number of nitrogens with one attached hydrogen (secondary N) is 1. The molecule has 0 saturated carbocycles. The monoisotopic (exact) mass is 307 g/mol. The Balaban J connectivity index is 2.22. The lowest BCUT2D eigenvalue weighted by atomic mass is 10.1. The van der Waals surface area contributed by atoms with Crippen LogP contribution in [0, 0.1) is 13.8 Å². The molecular formula is C14H18BrN3. The molecule has 1 aromatic heterocycles. The second-order valence-electron chi connectivity index (χ2n) is 4.69. The number of aromatic nitrogens is 2. The molecule has 0 aliphatic heterocycles. The van der Waals surface area contributed by atoms with Crippen LogP contribution in [0.5, 0.6) is 0 Å². The van der Waals surface area contributed by atoms with E-state index in [2.05, 4.69) is 59.1 Å². The number of aryl methyl sites for hydroxylation is 3. The average molecular weight is 308 g/mol. The van der Waals surface area contributed by atoms with E-state index in [0.717, 1.165) is 11.5 Å². The Kier molecular flexibility index (Phi) is 3.76. The maximum Gasteiger partial charge on any atom is 0.130 e. The Labute approximate surface area is 116 Å². The molecule has 0 unspecified atom stereocenters. The maximum atomic E-state index is 4.37. The fraction of sp³-hybridized carbons (Fsp3) is 0.357. The molecule has 4 heteroatoms. The van der Waals surface area contributed by atoms with E-state index in [1.807, 2.05) is 24.0 Å². The lowest BCUT2D eigenvalue weighted by molar-refractivity contribution is 0.721. The number of benzene rings is 1. The second-order valence-corrected chi connectivity index (χ2v) is 5.48. The van der Waals surface area contributed by atoms with E-state index in [4.69, 9.17) is 0 Å². The Hall–Kier alpha value is -1.29. The highest BCUT2D eigenvalue weighted by atomic mass is 79.9. The fourth-order valence-corrected chi connectivity index (χ4v) is 2.37. The molecule has 0 amide bonds. The van der Waals surface area contributed by atoms with Crippen LogP contribution >= 0.6 is 15.9 Å². The summed E-state index contributed by atoms with van der Waals surface area (Å²) < 4.78 is 3.22. The van der Waals surface area contributed by atoms with Crippen molar-refractivity contribution in [3.05, 3.63) is 46.0 Å². The average Bonchev–Trinajstić information content (AvgIpc) is 2.72. The predicted molar refractivity (Wildman–Crippen MR) is 78.9 cm³/mol. The summed E-state index contributed by atoms with van der Waals surface area (Å²) in [6.07, 6.45) is 3.79. The molecule has 2 rings (SSSR count). The molecule has 0 bridgehead atoms. The van der Waals surface area contributed by atoms with E-state index < -0.39 is 0 Å². The van der Waals surface area contributed by atoms with Crippen molar-refractivity contribution in [1.29, 1.82) is 0 Å². The molecular weight excluding hydrogens is 290 g/mol. The van der Waals surface area contributed by atoms with Crippen LogP contribution < -0.4 is 5.32 Å². The molecule has 1 N–H and O–H groups in total. The minimum Gasteiger partial charge on any atom is -0.375 e. The van der Waals surface area contributed by atoms with Gasteiger partial charge in [-0.3, -0.25) is 0 Å². The zero-order valence-corrected chi connectivity index (χ0v) is 12.7. The lowest BCUT2D eigenvalue weighted by Gasteiger charge is -2.17. The van der Waals surface area contributed by atoms with Crippen molar-refractivity contribution in [2.45, 2.75) is 26.8 Å². The van der Waals surface area contributed by atoms with Crippen LogP contribution in [0.4, 0.5) is 5.69 Å². The Morgan fingerprint density at radius 3 is 2.39 bits per heavy atom. The molecule has 0 radical (unpaired) electrons. The quantitative estimate of drug-likeness (QED) is 0.929. The highest BCUT2D eigenvalue weighted by Gasteiger charge is 2.11. The first kappa shape index (κ1) is 13.1. The largest absolute Gasteiger partial charge is 0.375 e. The van der Waals surface area contributed by atoms with Crippen molar-refractivity contribution in [2.75, 3.05) is 5.32 Å². The summed E-state index contributed by atoms with van der Waals surface area (Å²) in [5.41, 5.74) is 3.61.